The Labute approximate surface area is 488 Å². The highest BCUT2D eigenvalue weighted by molar-refractivity contribution is 6.27. The van der Waals surface area contributed by atoms with Crippen molar-refractivity contribution in [3.8, 4) is 66.8 Å². The maximum atomic E-state index is 8.80. The molecule has 1 heteroatoms. The first-order valence-electron chi connectivity index (χ1n) is 30.7. The molecule has 0 amide bonds. The monoisotopic (exact) mass is 1060 g/mol. The van der Waals surface area contributed by atoms with Crippen LogP contribution < -0.4 is 0 Å². The number of furan rings is 1. The van der Waals surface area contributed by atoms with Gasteiger partial charge in [-0.3, -0.25) is 0 Å². The highest BCUT2D eigenvalue weighted by Gasteiger charge is 2.22. The first-order valence-corrected chi connectivity index (χ1v) is 28.2. The van der Waals surface area contributed by atoms with Gasteiger partial charge in [0.25, 0.3) is 0 Å². The summed E-state index contributed by atoms with van der Waals surface area (Å²) in [6.45, 7) is 0. The summed E-state index contributed by atoms with van der Waals surface area (Å²) in [6.07, 6.45) is 0. The fraction of sp³-hybridized carbons (Fsp3) is 0. The highest BCUT2D eigenvalue weighted by atomic mass is 16.3. The SMILES string of the molecule is [2H]c1c([2H])c([2H])c(-c2c3ccccc3c(-c3cccc4oc5cc6ccccc6cc5c34)c3ccccc23)c([2H])c1[2H].c1ccc(-c2ccc3c(-c4ccc(-c5ccc6ccccc6c5)cc4)c4ccccc4c(-c4cccc5ccccc45)c3c2)cc1. The lowest BCUT2D eigenvalue weighted by molar-refractivity contribution is 0.669. The maximum absolute atomic E-state index is 8.80. The van der Waals surface area contributed by atoms with Crippen LogP contribution in [0.1, 0.15) is 6.85 Å². The Morgan fingerprint density at radius 2 is 0.663 bits per heavy atom. The summed E-state index contributed by atoms with van der Waals surface area (Å²) in [6, 6.07) is 99.6. The quantitative estimate of drug-likeness (QED) is 0.151. The zero-order chi connectivity index (χ0) is 59.1. The minimum absolute atomic E-state index is 0.207. The van der Waals surface area contributed by atoms with Gasteiger partial charge in [0.15, 0.2) is 0 Å². The summed E-state index contributed by atoms with van der Waals surface area (Å²) >= 11 is 0. The van der Waals surface area contributed by atoms with E-state index in [-0.39, 0.29) is 29.7 Å². The van der Waals surface area contributed by atoms with E-state index in [0.29, 0.717) is 5.56 Å². The molecule has 0 aliphatic rings. The fourth-order valence-electron chi connectivity index (χ4n) is 13.0. The largest absolute Gasteiger partial charge is 0.456 e. The third kappa shape index (κ3) is 8.24. The predicted octanol–water partition coefficient (Wildman–Crippen LogP) is 23.3. The second-order valence-corrected chi connectivity index (χ2v) is 21.4. The zero-order valence-corrected chi connectivity index (χ0v) is 45.0. The lowest BCUT2D eigenvalue weighted by Crippen LogP contribution is -1.92. The van der Waals surface area contributed by atoms with E-state index in [1.165, 1.54) is 87.6 Å². The molecule has 16 aromatic carbocycles. The van der Waals surface area contributed by atoms with Gasteiger partial charge < -0.3 is 4.42 Å². The van der Waals surface area contributed by atoms with E-state index in [1.807, 2.05) is 72.8 Å². The van der Waals surface area contributed by atoms with E-state index < -0.39 is 6.04 Å². The van der Waals surface area contributed by atoms with Crippen LogP contribution in [0.4, 0.5) is 0 Å². The lowest BCUT2D eigenvalue weighted by atomic mass is 9.83. The van der Waals surface area contributed by atoms with Crippen molar-refractivity contribution in [2.75, 3.05) is 0 Å². The van der Waals surface area contributed by atoms with Crippen molar-refractivity contribution in [2.45, 2.75) is 0 Å². The number of hydrogen-bond acceptors (Lipinski definition) is 1. The average Bonchev–Trinajstić information content (AvgIpc) is 1.06. The summed E-state index contributed by atoms with van der Waals surface area (Å²) in [5, 5.41) is 17.9. The van der Waals surface area contributed by atoms with E-state index in [9.17, 15) is 0 Å². The molecular formula is C82H52O. The van der Waals surface area contributed by atoms with Crippen LogP contribution in [-0.4, -0.2) is 0 Å². The van der Waals surface area contributed by atoms with Gasteiger partial charge in [0, 0.05) is 10.8 Å². The van der Waals surface area contributed by atoms with Gasteiger partial charge in [0.1, 0.15) is 11.2 Å². The summed E-state index contributed by atoms with van der Waals surface area (Å²) < 4.78 is 48.9. The van der Waals surface area contributed by atoms with Gasteiger partial charge in [-0.15, -0.1) is 0 Å². The van der Waals surface area contributed by atoms with Crippen LogP contribution in [0.25, 0.3) is 164 Å². The van der Waals surface area contributed by atoms with E-state index >= 15 is 0 Å². The minimum Gasteiger partial charge on any atom is -0.456 e. The van der Waals surface area contributed by atoms with Gasteiger partial charge in [-0.1, -0.05) is 285 Å². The average molecular weight is 1060 g/mol. The van der Waals surface area contributed by atoms with Gasteiger partial charge in [-0.05, 0) is 173 Å². The molecule has 1 nitrogen and oxygen atoms in total. The fourth-order valence-corrected chi connectivity index (χ4v) is 13.0. The minimum atomic E-state index is -0.398. The summed E-state index contributed by atoms with van der Waals surface area (Å²) in [5.74, 6) is 0. The topological polar surface area (TPSA) is 13.1 Å². The van der Waals surface area contributed by atoms with Crippen molar-refractivity contribution in [3.05, 3.63) is 315 Å². The molecule has 386 valence electrons. The maximum Gasteiger partial charge on any atom is 0.136 e. The summed E-state index contributed by atoms with van der Waals surface area (Å²) in [4.78, 5) is 0. The lowest BCUT2D eigenvalue weighted by Gasteiger charge is -2.20. The van der Waals surface area contributed by atoms with E-state index in [0.717, 1.165) is 65.4 Å². The van der Waals surface area contributed by atoms with Crippen molar-refractivity contribution in [1.29, 1.82) is 0 Å². The van der Waals surface area contributed by atoms with Crippen molar-refractivity contribution in [1.82, 2.24) is 0 Å². The Bertz CT molecular complexity index is 5600. The molecular weight excluding hydrogens is 1000 g/mol. The van der Waals surface area contributed by atoms with Crippen LogP contribution in [0.15, 0.2) is 320 Å². The summed E-state index contributed by atoms with van der Waals surface area (Å²) in [7, 11) is 0. The van der Waals surface area contributed by atoms with E-state index in [2.05, 4.69) is 212 Å². The van der Waals surface area contributed by atoms with Crippen LogP contribution in [-0.2, 0) is 0 Å². The normalized spacial score (nSPS) is 12.5. The first kappa shape index (κ1) is 43.0. The molecule has 17 rings (SSSR count). The number of benzene rings is 16. The molecule has 1 heterocycles. The summed E-state index contributed by atoms with van der Waals surface area (Å²) in [5.41, 5.74) is 14.4. The predicted molar refractivity (Wildman–Crippen MR) is 355 cm³/mol. The van der Waals surface area contributed by atoms with Gasteiger partial charge in [-0.2, -0.15) is 0 Å². The Morgan fingerprint density at radius 3 is 1.34 bits per heavy atom. The Morgan fingerprint density at radius 1 is 0.217 bits per heavy atom. The smallest absolute Gasteiger partial charge is 0.136 e. The van der Waals surface area contributed by atoms with Gasteiger partial charge in [0.05, 0.1) is 6.85 Å². The molecule has 0 fully saturated rings. The van der Waals surface area contributed by atoms with Crippen molar-refractivity contribution in [3.63, 3.8) is 0 Å². The van der Waals surface area contributed by atoms with Crippen LogP contribution in [0.3, 0.4) is 0 Å². The third-order valence-electron chi connectivity index (χ3n) is 16.8. The van der Waals surface area contributed by atoms with Gasteiger partial charge >= 0.3 is 0 Å². The Balaban J connectivity index is 0.000000142. The molecule has 0 spiro atoms. The number of rotatable bonds is 6. The molecule has 0 atom stereocenters. The zero-order valence-electron chi connectivity index (χ0n) is 50.0. The van der Waals surface area contributed by atoms with Crippen LogP contribution >= 0.6 is 0 Å². The molecule has 0 radical (unpaired) electrons. The van der Waals surface area contributed by atoms with Gasteiger partial charge in [0.2, 0.25) is 0 Å². The van der Waals surface area contributed by atoms with Crippen molar-refractivity contribution in [2.24, 2.45) is 0 Å². The molecule has 17 aromatic rings. The van der Waals surface area contributed by atoms with Gasteiger partial charge in [-0.25, -0.2) is 0 Å². The Hall–Kier alpha value is -10.9. The molecule has 0 aliphatic heterocycles. The van der Waals surface area contributed by atoms with Crippen LogP contribution in [0, 0.1) is 0 Å². The van der Waals surface area contributed by atoms with Crippen LogP contribution in [0.5, 0.6) is 0 Å². The van der Waals surface area contributed by atoms with Crippen molar-refractivity contribution < 1.29 is 11.3 Å². The third-order valence-corrected chi connectivity index (χ3v) is 16.8. The van der Waals surface area contributed by atoms with E-state index in [1.54, 1.807) is 0 Å². The van der Waals surface area contributed by atoms with Crippen LogP contribution in [0.2, 0.25) is 0 Å². The standard InChI is InChI=1S/C46H30.C36H22O/c1-2-11-31(12-3-1)38-27-28-43-44(30-38)46(40-20-10-16-34-14-6-7-17-39(34)40)42-19-9-8-18-41(42)45(43)35-24-21-33(22-25-35)37-26-23-32-13-4-5-15-36(32)29-37;1-2-11-23(12-3-1)34-26-15-6-8-17-28(26)35(29-18-9-7-16-27(29)34)30-19-10-20-32-36(30)31-21-24-13-4-5-14-25(24)22-33(31)37-32/h1-30H;1-22H/i;1D,2D,3D,11D,12D. The highest BCUT2D eigenvalue weighted by Crippen LogP contribution is 2.49. The van der Waals surface area contributed by atoms with E-state index in [4.69, 9.17) is 11.3 Å². The molecule has 0 bridgehead atoms. The number of hydrogen-bond donors (Lipinski definition) is 0. The second kappa shape index (κ2) is 20.0. The first-order chi connectivity index (χ1) is 43.3. The molecule has 0 unspecified atom stereocenters. The molecule has 0 aliphatic carbocycles. The van der Waals surface area contributed by atoms with Crippen molar-refractivity contribution >= 4 is 97.3 Å². The molecule has 1 aromatic heterocycles. The molecule has 0 saturated heterocycles. The molecule has 0 N–H and O–H groups in total. The molecule has 0 saturated carbocycles. The Kier molecular flexibility index (Phi) is 10.4. The second-order valence-electron chi connectivity index (χ2n) is 21.4. The molecule has 83 heavy (non-hydrogen) atoms. The number of fused-ring (bicyclic) bond motifs is 10.